The van der Waals surface area contributed by atoms with Crippen LogP contribution < -0.4 is 10.6 Å². The fourth-order valence-electron chi connectivity index (χ4n) is 3.55. The molecule has 0 bridgehead atoms. The SMILES string of the molecule is CC(C)OCC1(F)CCNC(CC(C)OCC2CCNCC2)C1. The van der Waals surface area contributed by atoms with Crippen molar-refractivity contribution < 1.29 is 13.9 Å². The zero-order valence-electron chi connectivity index (χ0n) is 15.1. The molecule has 3 unspecified atom stereocenters. The Morgan fingerprint density at radius 1 is 1.13 bits per heavy atom. The summed E-state index contributed by atoms with van der Waals surface area (Å²) in [6.07, 6.45) is 4.61. The fraction of sp³-hybridized carbons (Fsp3) is 1.00. The van der Waals surface area contributed by atoms with E-state index in [0.717, 1.165) is 32.7 Å². The predicted molar refractivity (Wildman–Crippen MR) is 91.6 cm³/mol. The predicted octanol–water partition coefficient (Wildman–Crippen LogP) is 2.67. The molecular formula is C18H35FN2O2. The van der Waals surface area contributed by atoms with E-state index >= 15 is 0 Å². The average molecular weight is 330 g/mol. The Labute approximate surface area is 140 Å². The second-order valence-electron chi connectivity index (χ2n) is 7.69. The van der Waals surface area contributed by atoms with Crippen LogP contribution >= 0.6 is 0 Å². The molecule has 2 aliphatic rings. The van der Waals surface area contributed by atoms with E-state index in [1.807, 2.05) is 13.8 Å². The molecule has 0 radical (unpaired) electrons. The average Bonchev–Trinajstić information content (AvgIpc) is 2.52. The lowest BCUT2D eigenvalue weighted by molar-refractivity contribution is -0.0431. The van der Waals surface area contributed by atoms with Crippen LogP contribution in [0.1, 0.15) is 52.9 Å². The molecule has 23 heavy (non-hydrogen) atoms. The van der Waals surface area contributed by atoms with Crippen molar-refractivity contribution >= 4 is 0 Å². The van der Waals surface area contributed by atoms with E-state index in [0.29, 0.717) is 18.8 Å². The van der Waals surface area contributed by atoms with Crippen molar-refractivity contribution in [3.63, 3.8) is 0 Å². The van der Waals surface area contributed by atoms with Gasteiger partial charge < -0.3 is 20.1 Å². The molecule has 4 nitrogen and oxygen atoms in total. The summed E-state index contributed by atoms with van der Waals surface area (Å²) in [6, 6.07) is 0.188. The minimum Gasteiger partial charge on any atom is -0.378 e. The van der Waals surface area contributed by atoms with Gasteiger partial charge in [0.25, 0.3) is 0 Å². The Balaban J connectivity index is 1.68. The number of halogens is 1. The molecule has 2 fully saturated rings. The number of alkyl halides is 1. The topological polar surface area (TPSA) is 42.5 Å². The normalized spacial score (nSPS) is 31.4. The van der Waals surface area contributed by atoms with E-state index < -0.39 is 5.67 Å². The maximum absolute atomic E-state index is 14.9. The van der Waals surface area contributed by atoms with Crippen LogP contribution in [0.4, 0.5) is 4.39 Å². The minimum atomic E-state index is -1.19. The molecule has 0 aromatic rings. The van der Waals surface area contributed by atoms with E-state index in [4.69, 9.17) is 9.47 Å². The number of ether oxygens (including phenoxy) is 2. The summed E-state index contributed by atoms with van der Waals surface area (Å²) in [6.45, 7) is 10.0. The monoisotopic (exact) mass is 330 g/mol. The van der Waals surface area contributed by atoms with Gasteiger partial charge in [-0.15, -0.1) is 0 Å². The lowest BCUT2D eigenvalue weighted by Gasteiger charge is -2.37. The highest BCUT2D eigenvalue weighted by molar-refractivity contribution is 4.91. The maximum Gasteiger partial charge on any atom is 0.136 e. The summed E-state index contributed by atoms with van der Waals surface area (Å²) in [5, 5.41) is 6.82. The number of piperidine rings is 2. The van der Waals surface area contributed by atoms with Crippen molar-refractivity contribution in [1.29, 1.82) is 0 Å². The molecule has 0 spiro atoms. The van der Waals surface area contributed by atoms with Crippen LogP contribution in [0.2, 0.25) is 0 Å². The largest absolute Gasteiger partial charge is 0.378 e. The molecule has 2 rings (SSSR count). The first kappa shape index (κ1) is 19.1. The molecule has 0 aromatic heterocycles. The number of rotatable bonds is 8. The third-order valence-corrected chi connectivity index (χ3v) is 4.99. The van der Waals surface area contributed by atoms with Crippen molar-refractivity contribution in [1.82, 2.24) is 10.6 Å². The van der Waals surface area contributed by atoms with E-state index in [1.165, 1.54) is 12.8 Å². The van der Waals surface area contributed by atoms with Gasteiger partial charge in [-0.2, -0.15) is 0 Å². The second-order valence-corrected chi connectivity index (χ2v) is 7.69. The molecule has 0 saturated carbocycles. The molecule has 136 valence electrons. The Kier molecular flexibility index (Phi) is 7.73. The first-order valence-electron chi connectivity index (χ1n) is 9.33. The molecule has 3 atom stereocenters. The van der Waals surface area contributed by atoms with Gasteiger partial charge in [0.15, 0.2) is 0 Å². The Morgan fingerprint density at radius 2 is 1.87 bits per heavy atom. The smallest absolute Gasteiger partial charge is 0.136 e. The Hall–Kier alpha value is -0.230. The van der Waals surface area contributed by atoms with E-state index in [2.05, 4.69) is 17.6 Å². The molecule has 2 N–H and O–H groups in total. The Morgan fingerprint density at radius 3 is 2.57 bits per heavy atom. The van der Waals surface area contributed by atoms with E-state index in [1.54, 1.807) is 0 Å². The van der Waals surface area contributed by atoms with Crippen LogP contribution in [0.3, 0.4) is 0 Å². The number of hydrogen-bond donors (Lipinski definition) is 2. The zero-order chi connectivity index (χ0) is 16.7. The van der Waals surface area contributed by atoms with Crippen LogP contribution in [0.5, 0.6) is 0 Å². The highest BCUT2D eigenvalue weighted by Crippen LogP contribution is 2.29. The second kappa shape index (κ2) is 9.30. The van der Waals surface area contributed by atoms with Gasteiger partial charge in [-0.25, -0.2) is 4.39 Å². The van der Waals surface area contributed by atoms with Gasteiger partial charge in [-0.05, 0) is 78.4 Å². The fourth-order valence-corrected chi connectivity index (χ4v) is 3.55. The number of nitrogens with one attached hydrogen (secondary N) is 2. The van der Waals surface area contributed by atoms with Crippen LogP contribution in [0.25, 0.3) is 0 Å². The molecular weight excluding hydrogens is 295 g/mol. The van der Waals surface area contributed by atoms with Crippen LogP contribution in [0, 0.1) is 5.92 Å². The van der Waals surface area contributed by atoms with Crippen LogP contribution in [-0.2, 0) is 9.47 Å². The molecule has 5 heteroatoms. The molecule has 2 saturated heterocycles. The van der Waals surface area contributed by atoms with E-state index in [-0.39, 0.29) is 24.9 Å². The van der Waals surface area contributed by atoms with Gasteiger partial charge in [0.05, 0.1) is 18.8 Å². The molecule has 0 amide bonds. The van der Waals surface area contributed by atoms with Crippen molar-refractivity contribution in [3.05, 3.63) is 0 Å². The third-order valence-electron chi connectivity index (χ3n) is 4.99. The summed E-state index contributed by atoms with van der Waals surface area (Å²) < 4.78 is 26.5. The molecule has 2 aliphatic heterocycles. The van der Waals surface area contributed by atoms with Crippen molar-refractivity contribution in [3.8, 4) is 0 Å². The summed E-state index contributed by atoms with van der Waals surface area (Å²) in [7, 11) is 0. The maximum atomic E-state index is 14.9. The summed E-state index contributed by atoms with van der Waals surface area (Å²) in [5.41, 5.74) is -1.19. The van der Waals surface area contributed by atoms with E-state index in [9.17, 15) is 4.39 Å². The van der Waals surface area contributed by atoms with Crippen LogP contribution in [-0.4, -0.2) is 56.8 Å². The van der Waals surface area contributed by atoms with Gasteiger partial charge in [0.2, 0.25) is 0 Å². The quantitative estimate of drug-likeness (QED) is 0.718. The molecule has 2 heterocycles. The lowest BCUT2D eigenvalue weighted by Crippen LogP contribution is -2.49. The highest BCUT2D eigenvalue weighted by atomic mass is 19.1. The minimum absolute atomic E-state index is 0.0863. The lowest BCUT2D eigenvalue weighted by atomic mass is 9.87. The first-order valence-corrected chi connectivity index (χ1v) is 9.33. The molecule has 0 aromatic carbocycles. The summed E-state index contributed by atoms with van der Waals surface area (Å²) in [4.78, 5) is 0. The zero-order valence-corrected chi connectivity index (χ0v) is 15.1. The van der Waals surface area contributed by atoms with Crippen molar-refractivity contribution in [2.24, 2.45) is 5.92 Å². The van der Waals surface area contributed by atoms with Gasteiger partial charge in [-0.1, -0.05) is 0 Å². The molecule has 0 aliphatic carbocycles. The standard InChI is InChI=1S/C18H35FN2O2/c1-14(2)23-13-18(19)6-9-21-17(11-18)10-15(3)22-12-16-4-7-20-8-5-16/h14-17,20-21H,4-13H2,1-3H3. The summed E-state index contributed by atoms with van der Waals surface area (Å²) >= 11 is 0. The van der Waals surface area contributed by atoms with Gasteiger partial charge in [0, 0.05) is 12.6 Å². The third kappa shape index (κ3) is 7.04. The van der Waals surface area contributed by atoms with Gasteiger partial charge >= 0.3 is 0 Å². The van der Waals surface area contributed by atoms with Crippen molar-refractivity contribution in [2.45, 2.75) is 76.8 Å². The number of hydrogen-bond acceptors (Lipinski definition) is 4. The first-order chi connectivity index (χ1) is 11.0. The van der Waals surface area contributed by atoms with Gasteiger partial charge in [0.1, 0.15) is 5.67 Å². The van der Waals surface area contributed by atoms with Crippen LogP contribution in [0.15, 0.2) is 0 Å². The van der Waals surface area contributed by atoms with Crippen molar-refractivity contribution in [2.75, 3.05) is 32.8 Å². The van der Waals surface area contributed by atoms with Gasteiger partial charge in [-0.3, -0.25) is 0 Å². The summed E-state index contributed by atoms with van der Waals surface area (Å²) in [5.74, 6) is 0.678. The Bertz CT molecular complexity index is 337. The highest BCUT2D eigenvalue weighted by Gasteiger charge is 2.37.